The van der Waals surface area contributed by atoms with Crippen LogP contribution in [-0.2, 0) is 9.59 Å². The molecule has 0 aliphatic heterocycles. The van der Waals surface area contributed by atoms with Gasteiger partial charge in [-0.05, 0) is 31.4 Å². The average Bonchev–Trinajstić information content (AvgIpc) is 2.54. The lowest BCUT2D eigenvalue weighted by atomic mass is 9.81. The highest BCUT2D eigenvalue weighted by Crippen LogP contribution is 2.27. The molecule has 1 aromatic carbocycles. The van der Waals surface area contributed by atoms with E-state index >= 15 is 0 Å². The Morgan fingerprint density at radius 3 is 2.45 bits per heavy atom. The molecule has 1 aliphatic rings. The molecule has 1 aromatic rings. The van der Waals surface area contributed by atoms with Gasteiger partial charge in [0.25, 0.3) is 0 Å². The molecule has 0 saturated carbocycles. The van der Waals surface area contributed by atoms with Gasteiger partial charge < -0.3 is 10.6 Å². The van der Waals surface area contributed by atoms with Crippen molar-refractivity contribution in [2.75, 3.05) is 11.9 Å². The number of allylic oxidation sites excluding steroid dienone is 2. The van der Waals surface area contributed by atoms with Crippen LogP contribution in [0, 0.1) is 18.8 Å². The predicted molar refractivity (Wildman–Crippen MR) is 88.4 cm³/mol. The van der Waals surface area contributed by atoms with E-state index in [1.807, 2.05) is 43.3 Å². The van der Waals surface area contributed by atoms with Gasteiger partial charge in [0.15, 0.2) is 0 Å². The number of amides is 2. The zero-order valence-corrected chi connectivity index (χ0v) is 12.8. The third kappa shape index (κ3) is 3.85. The topological polar surface area (TPSA) is 58.2 Å². The van der Waals surface area contributed by atoms with Crippen molar-refractivity contribution in [3.8, 4) is 0 Å². The van der Waals surface area contributed by atoms with Crippen LogP contribution >= 0.6 is 0 Å². The predicted octanol–water partition coefficient (Wildman–Crippen LogP) is 2.82. The van der Waals surface area contributed by atoms with Gasteiger partial charge >= 0.3 is 0 Å². The number of nitrogens with one attached hydrogen (secondary N) is 2. The van der Waals surface area contributed by atoms with Crippen LogP contribution in [0.3, 0.4) is 0 Å². The van der Waals surface area contributed by atoms with Gasteiger partial charge in [0.2, 0.25) is 11.8 Å². The first-order valence-electron chi connectivity index (χ1n) is 7.53. The SMILES string of the molecule is C=CCNC(=O)[C@@H]1CC=CC[C@@H]1C(=O)Nc1ccccc1C. The Hall–Kier alpha value is -2.36. The van der Waals surface area contributed by atoms with E-state index in [2.05, 4.69) is 17.2 Å². The van der Waals surface area contributed by atoms with Crippen molar-refractivity contribution < 1.29 is 9.59 Å². The maximum Gasteiger partial charge on any atom is 0.228 e. The van der Waals surface area contributed by atoms with Gasteiger partial charge in [0.05, 0.1) is 11.8 Å². The average molecular weight is 298 g/mol. The second kappa shape index (κ2) is 7.59. The molecule has 0 heterocycles. The fourth-order valence-electron chi connectivity index (χ4n) is 2.64. The Bertz CT molecular complexity index is 593. The molecular formula is C18H22N2O2. The first-order valence-corrected chi connectivity index (χ1v) is 7.53. The van der Waals surface area contributed by atoms with Crippen LogP contribution < -0.4 is 10.6 Å². The van der Waals surface area contributed by atoms with Crippen LogP contribution in [0.2, 0.25) is 0 Å². The number of para-hydroxylation sites is 1. The van der Waals surface area contributed by atoms with Crippen molar-refractivity contribution in [2.24, 2.45) is 11.8 Å². The van der Waals surface area contributed by atoms with E-state index < -0.39 is 0 Å². The first-order chi connectivity index (χ1) is 10.6. The summed E-state index contributed by atoms with van der Waals surface area (Å²) in [5.41, 5.74) is 1.81. The summed E-state index contributed by atoms with van der Waals surface area (Å²) in [4.78, 5) is 24.8. The summed E-state index contributed by atoms with van der Waals surface area (Å²) in [6, 6.07) is 7.64. The first kappa shape index (κ1) is 16.0. The molecule has 0 fully saturated rings. The van der Waals surface area contributed by atoms with Crippen LogP contribution in [0.4, 0.5) is 5.69 Å². The molecule has 0 saturated heterocycles. The number of anilines is 1. The molecule has 0 spiro atoms. The lowest BCUT2D eigenvalue weighted by Gasteiger charge is -2.26. The summed E-state index contributed by atoms with van der Waals surface area (Å²) < 4.78 is 0. The van der Waals surface area contributed by atoms with Crippen LogP contribution in [-0.4, -0.2) is 18.4 Å². The van der Waals surface area contributed by atoms with Gasteiger partial charge in [0.1, 0.15) is 0 Å². The number of hydrogen-bond donors (Lipinski definition) is 2. The second-order valence-electron chi connectivity index (χ2n) is 5.49. The van der Waals surface area contributed by atoms with Crippen molar-refractivity contribution in [1.29, 1.82) is 0 Å². The highest BCUT2D eigenvalue weighted by atomic mass is 16.2. The van der Waals surface area contributed by atoms with E-state index in [9.17, 15) is 9.59 Å². The third-order valence-electron chi connectivity index (χ3n) is 3.93. The largest absolute Gasteiger partial charge is 0.352 e. The van der Waals surface area contributed by atoms with Crippen LogP contribution in [0.1, 0.15) is 18.4 Å². The molecule has 0 aromatic heterocycles. The molecule has 0 unspecified atom stereocenters. The molecule has 2 rings (SSSR count). The number of benzene rings is 1. The summed E-state index contributed by atoms with van der Waals surface area (Å²) in [5, 5.41) is 5.74. The van der Waals surface area contributed by atoms with Gasteiger partial charge in [0, 0.05) is 12.2 Å². The molecule has 2 amide bonds. The van der Waals surface area contributed by atoms with Crippen LogP contribution in [0.25, 0.3) is 0 Å². The van der Waals surface area contributed by atoms with Gasteiger partial charge in [-0.25, -0.2) is 0 Å². The minimum Gasteiger partial charge on any atom is -0.352 e. The molecule has 22 heavy (non-hydrogen) atoms. The van der Waals surface area contributed by atoms with Gasteiger partial charge in [-0.1, -0.05) is 36.4 Å². The molecule has 4 nitrogen and oxygen atoms in total. The molecular weight excluding hydrogens is 276 g/mol. The number of carbonyl (C=O) groups is 2. The third-order valence-corrected chi connectivity index (χ3v) is 3.93. The Labute approximate surface area is 131 Å². The number of aryl methyl sites for hydroxylation is 1. The lowest BCUT2D eigenvalue weighted by Crippen LogP contribution is -2.40. The van der Waals surface area contributed by atoms with E-state index in [0.717, 1.165) is 11.3 Å². The van der Waals surface area contributed by atoms with E-state index in [-0.39, 0.29) is 23.7 Å². The van der Waals surface area contributed by atoms with Gasteiger partial charge in [-0.2, -0.15) is 0 Å². The molecule has 2 atom stereocenters. The summed E-state index contributed by atoms with van der Waals surface area (Å²) in [6.45, 7) is 5.96. The maximum atomic E-state index is 12.6. The highest BCUT2D eigenvalue weighted by Gasteiger charge is 2.33. The van der Waals surface area contributed by atoms with E-state index in [0.29, 0.717) is 19.4 Å². The van der Waals surface area contributed by atoms with Crippen molar-refractivity contribution in [1.82, 2.24) is 5.32 Å². The van der Waals surface area contributed by atoms with E-state index in [1.54, 1.807) is 6.08 Å². The van der Waals surface area contributed by atoms with Crippen molar-refractivity contribution in [3.63, 3.8) is 0 Å². The van der Waals surface area contributed by atoms with Gasteiger partial charge in [-0.15, -0.1) is 6.58 Å². The molecule has 0 radical (unpaired) electrons. The van der Waals surface area contributed by atoms with Gasteiger partial charge in [-0.3, -0.25) is 9.59 Å². The smallest absolute Gasteiger partial charge is 0.228 e. The highest BCUT2D eigenvalue weighted by molar-refractivity contribution is 5.96. The minimum atomic E-state index is -0.338. The second-order valence-corrected chi connectivity index (χ2v) is 5.49. The number of hydrogen-bond acceptors (Lipinski definition) is 2. The Morgan fingerprint density at radius 2 is 1.82 bits per heavy atom. The van der Waals surface area contributed by atoms with Crippen molar-refractivity contribution in [3.05, 3.63) is 54.6 Å². The molecule has 4 heteroatoms. The normalized spacial score (nSPS) is 20.2. The zero-order chi connectivity index (χ0) is 15.9. The fourth-order valence-corrected chi connectivity index (χ4v) is 2.64. The molecule has 1 aliphatic carbocycles. The monoisotopic (exact) mass is 298 g/mol. The van der Waals surface area contributed by atoms with E-state index in [4.69, 9.17) is 0 Å². The summed E-state index contributed by atoms with van der Waals surface area (Å²) in [5.74, 6) is -0.852. The van der Waals surface area contributed by atoms with Crippen molar-refractivity contribution in [2.45, 2.75) is 19.8 Å². The molecule has 2 N–H and O–H groups in total. The summed E-state index contributed by atoms with van der Waals surface area (Å²) >= 11 is 0. The number of carbonyl (C=O) groups excluding carboxylic acids is 2. The van der Waals surface area contributed by atoms with Crippen LogP contribution in [0.5, 0.6) is 0 Å². The van der Waals surface area contributed by atoms with Crippen molar-refractivity contribution >= 4 is 17.5 Å². The van der Waals surface area contributed by atoms with E-state index in [1.165, 1.54) is 0 Å². The Morgan fingerprint density at radius 1 is 1.18 bits per heavy atom. The Kier molecular flexibility index (Phi) is 5.53. The summed E-state index contributed by atoms with van der Waals surface area (Å²) in [7, 11) is 0. The molecule has 0 bridgehead atoms. The lowest BCUT2D eigenvalue weighted by molar-refractivity contribution is -0.132. The quantitative estimate of drug-likeness (QED) is 0.821. The van der Waals surface area contributed by atoms with Crippen LogP contribution in [0.15, 0.2) is 49.1 Å². The molecule has 116 valence electrons. The standard InChI is InChI=1S/C18H22N2O2/c1-3-12-19-17(21)14-9-5-6-10-15(14)18(22)20-16-11-7-4-8-13(16)2/h3-8,11,14-15H,1,9-10,12H2,2H3,(H,19,21)(H,20,22)/t14-,15+/m1/s1. The minimum absolute atomic E-state index is 0.0887. The fraction of sp³-hybridized carbons (Fsp3) is 0.333. The summed E-state index contributed by atoms with van der Waals surface area (Å²) in [6.07, 6.45) is 6.76. The maximum absolute atomic E-state index is 12.6. The zero-order valence-electron chi connectivity index (χ0n) is 12.8. The number of rotatable bonds is 5. The Balaban J connectivity index is 2.09.